The number of fused-ring (bicyclic) bond motifs is 8. The summed E-state index contributed by atoms with van der Waals surface area (Å²) in [6, 6.07) is 83.0. The van der Waals surface area contributed by atoms with Crippen LogP contribution in [0, 0.1) is 0 Å². The Morgan fingerprint density at radius 3 is 1.54 bits per heavy atom. The van der Waals surface area contributed by atoms with Gasteiger partial charge in [0, 0.05) is 44.3 Å². The van der Waals surface area contributed by atoms with Crippen molar-refractivity contribution in [2.24, 2.45) is 0 Å². The molecule has 0 amide bonds. The number of nitrogens with zero attached hydrogens (tertiary/aromatic N) is 2. The summed E-state index contributed by atoms with van der Waals surface area (Å²) in [5.74, 6) is 0. The van der Waals surface area contributed by atoms with Gasteiger partial charge < -0.3 is 13.9 Å². The van der Waals surface area contributed by atoms with Gasteiger partial charge in [-0.25, -0.2) is 0 Å². The van der Waals surface area contributed by atoms with Crippen molar-refractivity contribution in [2.75, 3.05) is 4.90 Å². The Bertz CT molecular complexity index is 3560. The van der Waals surface area contributed by atoms with Crippen molar-refractivity contribution in [3.8, 4) is 39.1 Å². The van der Waals surface area contributed by atoms with Gasteiger partial charge in [0.05, 0.1) is 11.0 Å². The molecule has 12 aromatic rings. The number of anilines is 3. The van der Waals surface area contributed by atoms with Crippen molar-refractivity contribution in [3.05, 3.63) is 231 Å². The van der Waals surface area contributed by atoms with Gasteiger partial charge in [-0.05, 0) is 123 Å². The predicted octanol–water partition coefficient (Wildman–Crippen LogP) is 16.3. The predicted molar refractivity (Wildman–Crippen MR) is 257 cm³/mol. The topological polar surface area (TPSA) is 21.3 Å². The van der Waals surface area contributed by atoms with Crippen LogP contribution in [0.15, 0.2) is 235 Å². The zero-order valence-corrected chi connectivity index (χ0v) is 33.2. The lowest BCUT2D eigenvalue weighted by atomic mass is 9.97. The van der Waals surface area contributed by atoms with Crippen LogP contribution in [0.4, 0.5) is 17.1 Å². The fourth-order valence-electron chi connectivity index (χ4n) is 9.26. The van der Waals surface area contributed by atoms with Crippen molar-refractivity contribution < 1.29 is 4.42 Å². The highest BCUT2D eigenvalue weighted by atomic mass is 16.3. The van der Waals surface area contributed by atoms with Crippen LogP contribution in [0.3, 0.4) is 0 Å². The molecule has 0 radical (unpaired) electrons. The van der Waals surface area contributed by atoms with Crippen molar-refractivity contribution in [3.63, 3.8) is 0 Å². The Labute approximate surface area is 353 Å². The van der Waals surface area contributed by atoms with Crippen LogP contribution >= 0.6 is 0 Å². The minimum atomic E-state index is 0.880. The molecule has 10 aromatic carbocycles. The van der Waals surface area contributed by atoms with Gasteiger partial charge in [0.25, 0.3) is 0 Å². The summed E-state index contributed by atoms with van der Waals surface area (Å²) in [5, 5.41) is 7.26. The Hall–Kier alpha value is -8.14. The van der Waals surface area contributed by atoms with Crippen LogP contribution in [-0.2, 0) is 0 Å². The van der Waals surface area contributed by atoms with E-state index in [1.165, 1.54) is 54.8 Å². The molecular formula is C58H38N2O. The molecule has 2 heterocycles. The molecule has 0 fully saturated rings. The molecular weight excluding hydrogens is 741 g/mol. The normalized spacial score (nSPS) is 11.6. The Balaban J connectivity index is 1.01. The molecule has 0 spiro atoms. The van der Waals surface area contributed by atoms with Crippen molar-refractivity contribution in [1.82, 2.24) is 4.57 Å². The molecule has 0 saturated heterocycles. The second-order valence-electron chi connectivity index (χ2n) is 15.7. The van der Waals surface area contributed by atoms with E-state index in [4.69, 9.17) is 4.42 Å². The van der Waals surface area contributed by atoms with Crippen LogP contribution in [0.1, 0.15) is 0 Å². The smallest absolute Gasteiger partial charge is 0.135 e. The maximum atomic E-state index is 6.25. The minimum Gasteiger partial charge on any atom is -0.456 e. The summed E-state index contributed by atoms with van der Waals surface area (Å²) >= 11 is 0. The largest absolute Gasteiger partial charge is 0.456 e. The molecule has 3 heteroatoms. The quantitative estimate of drug-likeness (QED) is 0.161. The summed E-state index contributed by atoms with van der Waals surface area (Å²) in [5.41, 5.74) is 15.5. The third kappa shape index (κ3) is 5.98. The minimum absolute atomic E-state index is 0.880. The summed E-state index contributed by atoms with van der Waals surface area (Å²) < 4.78 is 8.69. The highest BCUT2D eigenvalue weighted by Crippen LogP contribution is 2.42. The van der Waals surface area contributed by atoms with E-state index in [2.05, 4.69) is 228 Å². The fourth-order valence-corrected chi connectivity index (χ4v) is 9.26. The Kier molecular flexibility index (Phi) is 8.17. The lowest BCUT2D eigenvalue weighted by Crippen LogP contribution is -2.09. The zero-order chi connectivity index (χ0) is 40.3. The molecule has 0 aliphatic carbocycles. The van der Waals surface area contributed by atoms with Gasteiger partial charge >= 0.3 is 0 Å². The molecule has 61 heavy (non-hydrogen) atoms. The third-order valence-corrected chi connectivity index (χ3v) is 12.2. The van der Waals surface area contributed by atoms with Gasteiger partial charge in [0.2, 0.25) is 0 Å². The SMILES string of the molecule is c1ccc(-c2ccc(N(c3ccc(-c4cc(-c5ccccc5)cc(-n5c6ccccc6c6c7ccccc7ccc65)c4)cc3)c3ccc4oc5ccccc5c4c3)cc2)cc1. The number of aromatic nitrogens is 1. The van der Waals surface area contributed by atoms with Crippen molar-refractivity contribution in [1.29, 1.82) is 0 Å². The molecule has 12 rings (SSSR count). The first-order valence-corrected chi connectivity index (χ1v) is 20.8. The molecule has 2 aromatic heterocycles. The number of benzene rings is 10. The van der Waals surface area contributed by atoms with Crippen LogP contribution in [-0.4, -0.2) is 4.57 Å². The molecule has 286 valence electrons. The van der Waals surface area contributed by atoms with Gasteiger partial charge in [-0.2, -0.15) is 0 Å². The molecule has 3 nitrogen and oxygen atoms in total. The maximum Gasteiger partial charge on any atom is 0.135 e. The van der Waals surface area contributed by atoms with Crippen LogP contribution < -0.4 is 4.90 Å². The van der Waals surface area contributed by atoms with Crippen LogP contribution in [0.2, 0.25) is 0 Å². The van der Waals surface area contributed by atoms with E-state index in [1.807, 2.05) is 12.1 Å². The van der Waals surface area contributed by atoms with E-state index in [0.29, 0.717) is 0 Å². The van der Waals surface area contributed by atoms with E-state index in [1.54, 1.807) is 0 Å². The number of hydrogen-bond acceptors (Lipinski definition) is 2. The molecule has 0 aliphatic rings. The van der Waals surface area contributed by atoms with E-state index in [0.717, 1.165) is 55.8 Å². The lowest BCUT2D eigenvalue weighted by Gasteiger charge is -2.26. The van der Waals surface area contributed by atoms with Gasteiger partial charge in [-0.3, -0.25) is 0 Å². The monoisotopic (exact) mass is 778 g/mol. The molecule has 0 N–H and O–H groups in total. The molecule has 0 aliphatic heterocycles. The van der Waals surface area contributed by atoms with E-state index in [9.17, 15) is 0 Å². The number of para-hydroxylation sites is 2. The first kappa shape index (κ1) is 34.9. The molecule has 0 saturated carbocycles. The molecule has 0 unspecified atom stereocenters. The van der Waals surface area contributed by atoms with Crippen molar-refractivity contribution >= 4 is 71.6 Å². The van der Waals surface area contributed by atoms with E-state index < -0.39 is 0 Å². The van der Waals surface area contributed by atoms with Gasteiger partial charge in [0.1, 0.15) is 11.2 Å². The lowest BCUT2D eigenvalue weighted by molar-refractivity contribution is 0.669. The number of rotatable bonds is 7. The number of furan rings is 1. The van der Waals surface area contributed by atoms with Gasteiger partial charge in [-0.1, -0.05) is 152 Å². The van der Waals surface area contributed by atoms with E-state index >= 15 is 0 Å². The van der Waals surface area contributed by atoms with Gasteiger partial charge in [0.15, 0.2) is 0 Å². The highest BCUT2D eigenvalue weighted by Gasteiger charge is 2.19. The Morgan fingerprint density at radius 1 is 0.311 bits per heavy atom. The van der Waals surface area contributed by atoms with Crippen LogP contribution in [0.25, 0.3) is 93.6 Å². The standard InChI is InChI=1S/C58H38N2O/c1-3-13-39(14-4-1)41-23-28-46(29-24-41)59(48-32-34-57-53(38-48)51-19-10-12-22-56(51)61-57)47-30-25-42(26-31-47)45-35-44(40-15-5-2-6-16-40)36-49(37-45)60-54-21-11-9-20-52(54)58-50-18-8-7-17-43(50)27-33-55(58)60/h1-38H. The summed E-state index contributed by atoms with van der Waals surface area (Å²) in [4.78, 5) is 2.34. The fraction of sp³-hybridized carbons (Fsp3) is 0. The summed E-state index contributed by atoms with van der Waals surface area (Å²) in [6.45, 7) is 0. The summed E-state index contributed by atoms with van der Waals surface area (Å²) in [7, 11) is 0. The van der Waals surface area contributed by atoms with Crippen molar-refractivity contribution in [2.45, 2.75) is 0 Å². The average Bonchev–Trinajstić information content (AvgIpc) is 3.88. The van der Waals surface area contributed by atoms with Gasteiger partial charge in [-0.15, -0.1) is 0 Å². The number of hydrogen-bond donors (Lipinski definition) is 0. The second kappa shape index (κ2) is 14.3. The first-order chi connectivity index (χ1) is 30.2. The van der Waals surface area contributed by atoms with Crippen LogP contribution in [0.5, 0.6) is 0 Å². The van der Waals surface area contributed by atoms with E-state index in [-0.39, 0.29) is 0 Å². The first-order valence-electron chi connectivity index (χ1n) is 20.8. The third-order valence-electron chi connectivity index (χ3n) is 12.2. The molecule has 0 atom stereocenters. The maximum absolute atomic E-state index is 6.25. The molecule has 0 bridgehead atoms. The Morgan fingerprint density at radius 2 is 0.836 bits per heavy atom. The highest BCUT2D eigenvalue weighted by molar-refractivity contribution is 6.21. The summed E-state index contributed by atoms with van der Waals surface area (Å²) in [6.07, 6.45) is 0. The zero-order valence-electron chi connectivity index (χ0n) is 33.2. The average molecular weight is 779 g/mol. The second-order valence-corrected chi connectivity index (χ2v) is 15.7.